The monoisotopic (exact) mass is 252 g/mol. The molecule has 19 heavy (non-hydrogen) atoms. The lowest BCUT2D eigenvalue weighted by molar-refractivity contribution is -0.116. The van der Waals surface area contributed by atoms with Crippen LogP contribution in [-0.4, -0.2) is 10.9 Å². The number of carbonyl (C=O) groups excluding carboxylic acids is 1. The van der Waals surface area contributed by atoms with Crippen LogP contribution in [0.4, 0.5) is 0 Å². The van der Waals surface area contributed by atoms with Gasteiger partial charge in [-0.05, 0) is 30.7 Å². The minimum atomic E-state index is -0.0729. The molecule has 1 aromatic carbocycles. The molecule has 0 radical (unpaired) electrons. The molecule has 0 saturated carbocycles. The number of rotatable bonds is 4. The molecule has 1 heterocycles. The number of allylic oxidation sites excluding steroid dienone is 1. The van der Waals surface area contributed by atoms with Crippen molar-refractivity contribution in [3.63, 3.8) is 0 Å². The van der Waals surface area contributed by atoms with Crippen LogP contribution in [0.2, 0.25) is 0 Å². The molecule has 0 atom stereocenters. The van der Waals surface area contributed by atoms with Gasteiger partial charge in [0.05, 0.1) is 5.69 Å². The molecule has 2 rings (SSSR count). The topological polar surface area (TPSA) is 42.0 Å². The fraction of sp³-hybridized carbons (Fsp3) is 0.125. The van der Waals surface area contributed by atoms with Gasteiger partial charge in [-0.25, -0.2) is 0 Å². The minimum absolute atomic E-state index is 0.0729. The molecular formula is C16H16N2O. The summed E-state index contributed by atoms with van der Waals surface area (Å²) in [6.45, 7) is 2.35. The Morgan fingerprint density at radius 1 is 1.21 bits per heavy atom. The first-order chi connectivity index (χ1) is 9.29. The molecule has 0 bridgehead atoms. The van der Waals surface area contributed by atoms with Crippen LogP contribution in [0.5, 0.6) is 0 Å². The molecule has 0 aliphatic rings. The van der Waals surface area contributed by atoms with E-state index in [-0.39, 0.29) is 5.91 Å². The molecule has 0 fully saturated rings. The average Bonchev–Trinajstić information content (AvgIpc) is 2.47. The largest absolute Gasteiger partial charge is 0.348 e. The third kappa shape index (κ3) is 3.78. The van der Waals surface area contributed by atoms with Crippen LogP contribution < -0.4 is 5.32 Å². The van der Waals surface area contributed by atoms with Gasteiger partial charge < -0.3 is 5.32 Å². The van der Waals surface area contributed by atoms with E-state index < -0.39 is 0 Å². The van der Waals surface area contributed by atoms with Gasteiger partial charge in [-0.2, -0.15) is 0 Å². The second-order valence-corrected chi connectivity index (χ2v) is 4.13. The second kappa shape index (κ2) is 6.50. The lowest BCUT2D eigenvalue weighted by Crippen LogP contribution is -2.20. The highest BCUT2D eigenvalue weighted by Crippen LogP contribution is 2.16. The molecule has 1 amide bonds. The van der Waals surface area contributed by atoms with Crippen LogP contribution in [0.25, 0.3) is 11.3 Å². The summed E-state index contributed by atoms with van der Waals surface area (Å²) in [6, 6.07) is 13.9. The summed E-state index contributed by atoms with van der Waals surface area (Å²) < 4.78 is 0. The van der Waals surface area contributed by atoms with Crippen molar-refractivity contribution < 1.29 is 4.79 Å². The van der Waals surface area contributed by atoms with Gasteiger partial charge in [-0.15, -0.1) is 0 Å². The number of aromatic nitrogens is 1. The predicted octanol–water partition coefficient (Wildman–Crippen LogP) is 2.94. The normalized spacial score (nSPS) is 10.6. The fourth-order valence-electron chi connectivity index (χ4n) is 1.73. The van der Waals surface area contributed by atoms with Crippen LogP contribution in [0, 0.1) is 0 Å². The summed E-state index contributed by atoms with van der Waals surface area (Å²) in [5.41, 5.74) is 3.09. The van der Waals surface area contributed by atoms with Crippen molar-refractivity contribution in [2.45, 2.75) is 13.5 Å². The average molecular weight is 252 g/mol. The van der Waals surface area contributed by atoms with Crippen molar-refractivity contribution in [2.75, 3.05) is 0 Å². The number of carbonyl (C=O) groups is 1. The van der Waals surface area contributed by atoms with E-state index in [1.54, 1.807) is 12.3 Å². The van der Waals surface area contributed by atoms with Gasteiger partial charge in [0.1, 0.15) is 0 Å². The highest BCUT2D eigenvalue weighted by Gasteiger charge is 1.99. The van der Waals surface area contributed by atoms with Crippen molar-refractivity contribution in [1.82, 2.24) is 10.3 Å². The van der Waals surface area contributed by atoms with E-state index in [4.69, 9.17) is 0 Å². The number of benzene rings is 1. The predicted molar refractivity (Wildman–Crippen MR) is 76.3 cm³/mol. The molecule has 0 spiro atoms. The van der Waals surface area contributed by atoms with E-state index in [0.717, 1.165) is 16.8 Å². The Morgan fingerprint density at radius 3 is 2.63 bits per heavy atom. The van der Waals surface area contributed by atoms with Crippen LogP contribution in [0.15, 0.2) is 60.8 Å². The van der Waals surface area contributed by atoms with E-state index >= 15 is 0 Å². The zero-order valence-corrected chi connectivity index (χ0v) is 10.8. The lowest BCUT2D eigenvalue weighted by Gasteiger charge is -2.04. The fourth-order valence-corrected chi connectivity index (χ4v) is 1.73. The summed E-state index contributed by atoms with van der Waals surface area (Å²) in [5.74, 6) is -0.0729. The highest BCUT2D eigenvalue weighted by atomic mass is 16.1. The SMILES string of the molecule is C/C=C/C(=O)NCc1ccc(-c2ccccn2)cc1. The summed E-state index contributed by atoms with van der Waals surface area (Å²) in [6.07, 6.45) is 5.02. The van der Waals surface area contributed by atoms with E-state index in [2.05, 4.69) is 10.3 Å². The van der Waals surface area contributed by atoms with Crippen LogP contribution >= 0.6 is 0 Å². The van der Waals surface area contributed by atoms with Crippen molar-refractivity contribution >= 4 is 5.91 Å². The maximum atomic E-state index is 11.3. The molecule has 0 saturated heterocycles. The van der Waals surface area contributed by atoms with Crippen LogP contribution in [0.1, 0.15) is 12.5 Å². The molecule has 96 valence electrons. The Morgan fingerprint density at radius 2 is 2.00 bits per heavy atom. The Bertz CT molecular complexity index is 559. The van der Waals surface area contributed by atoms with Crippen molar-refractivity contribution in [1.29, 1.82) is 0 Å². The minimum Gasteiger partial charge on any atom is -0.348 e. The Labute approximate surface area is 113 Å². The molecule has 1 N–H and O–H groups in total. The van der Waals surface area contributed by atoms with Gasteiger partial charge in [0.25, 0.3) is 0 Å². The number of nitrogens with zero attached hydrogens (tertiary/aromatic N) is 1. The summed E-state index contributed by atoms with van der Waals surface area (Å²) in [4.78, 5) is 15.6. The molecule has 2 aromatic rings. The van der Waals surface area contributed by atoms with Gasteiger partial charge in [0, 0.05) is 18.3 Å². The van der Waals surface area contributed by atoms with E-state index in [0.29, 0.717) is 6.54 Å². The molecule has 1 aromatic heterocycles. The van der Waals surface area contributed by atoms with Crippen molar-refractivity contribution in [2.24, 2.45) is 0 Å². The number of pyridine rings is 1. The van der Waals surface area contributed by atoms with Gasteiger partial charge in [-0.1, -0.05) is 36.4 Å². The third-order valence-corrected chi connectivity index (χ3v) is 2.70. The summed E-state index contributed by atoms with van der Waals surface area (Å²) in [5, 5.41) is 2.82. The summed E-state index contributed by atoms with van der Waals surface area (Å²) in [7, 11) is 0. The quantitative estimate of drug-likeness (QED) is 0.850. The standard InChI is InChI=1S/C16H16N2O/c1-2-5-16(19)18-12-13-7-9-14(10-8-13)15-6-3-4-11-17-15/h2-11H,12H2,1H3,(H,18,19)/b5-2+. The molecule has 3 heteroatoms. The molecular weight excluding hydrogens is 236 g/mol. The number of amides is 1. The van der Waals surface area contributed by atoms with E-state index in [1.807, 2.05) is 49.4 Å². The highest BCUT2D eigenvalue weighted by molar-refractivity contribution is 5.87. The number of nitrogens with one attached hydrogen (secondary N) is 1. The third-order valence-electron chi connectivity index (χ3n) is 2.70. The number of hydrogen-bond acceptors (Lipinski definition) is 2. The maximum absolute atomic E-state index is 11.3. The van der Waals surface area contributed by atoms with Crippen molar-refractivity contribution in [3.05, 3.63) is 66.4 Å². The summed E-state index contributed by atoms with van der Waals surface area (Å²) >= 11 is 0. The molecule has 0 unspecified atom stereocenters. The second-order valence-electron chi connectivity index (χ2n) is 4.13. The zero-order chi connectivity index (χ0) is 13.5. The lowest BCUT2D eigenvalue weighted by atomic mass is 10.1. The Balaban J connectivity index is 2.01. The Kier molecular flexibility index (Phi) is 4.45. The maximum Gasteiger partial charge on any atom is 0.243 e. The van der Waals surface area contributed by atoms with Gasteiger partial charge in [-0.3, -0.25) is 9.78 Å². The van der Waals surface area contributed by atoms with E-state index in [1.165, 1.54) is 6.08 Å². The van der Waals surface area contributed by atoms with Gasteiger partial charge in [0.15, 0.2) is 0 Å². The van der Waals surface area contributed by atoms with Crippen molar-refractivity contribution in [3.8, 4) is 11.3 Å². The first-order valence-corrected chi connectivity index (χ1v) is 6.20. The molecule has 3 nitrogen and oxygen atoms in total. The number of hydrogen-bond donors (Lipinski definition) is 1. The van der Waals surface area contributed by atoms with E-state index in [9.17, 15) is 4.79 Å². The van der Waals surface area contributed by atoms with Crippen LogP contribution in [0.3, 0.4) is 0 Å². The van der Waals surface area contributed by atoms with Crippen LogP contribution in [-0.2, 0) is 11.3 Å². The zero-order valence-electron chi connectivity index (χ0n) is 10.8. The van der Waals surface area contributed by atoms with Gasteiger partial charge >= 0.3 is 0 Å². The first kappa shape index (κ1) is 13.0. The molecule has 0 aliphatic carbocycles. The van der Waals surface area contributed by atoms with Gasteiger partial charge in [0.2, 0.25) is 5.91 Å². The molecule has 0 aliphatic heterocycles. The first-order valence-electron chi connectivity index (χ1n) is 6.20. The Hall–Kier alpha value is -2.42. The smallest absolute Gasteiger partial charge is 0.243 e.